The van der Waals surface area contributed by atoms with Crippen LogP contribution in [0, 0.1) is 12.8 Å². The third-order valence-electron chi connectivity index (χ3n) is 4.54. The van der Waals surface area contributed by atoms with Crippen molar-refractivity contribution in [3.63, 3.8) is 0 Å². The predicted molar refractivity (Wildman–Crippen MR) is 82.4 cm³/mol. The second-order valence-electron chi connectivity index (χ2n) is 6.18. The number of nitrogens with two attached hydrogens (primary N) is 1. The number of aromatic nitrogens is 2. The van der Waals surface area contributed by atoms with Gasteiger partial charge in [0.05, 0.1) is 0 Å². The Morgan fingerprint density at radius 3 is 2.57 bits per heavy atom. The van der Waals surface area contributed by atoms with Crippen LogP contribution >= 0.6 is 0 Å². The molecular formula is C14H26N4O2S. The fourth-order valence-corrected chi connectivity index (χ4v) is 4.41. The average Bonchev–Trinajstić information content (AvgIpc) is 2.83. The molecule has 1 aliphatic rings. The zero-order valence-corrected chi connectivity index (χ0v) is 13.9. The molecule has 1 saturated carbocycles. The van der Waals surface area contributed by atoms with Gasteiger partial charge in [-0.2, -0.15) is 0 Å². The zero-order valence-electron chi connectivity index (χ0n) is 13.1. The van der Waals surface area contributed by atoms with Gasteiger partial charge in [-0.1, -0.05) is 6.92 Å². The summed E-state index contributed by atoms with van der Waals surface area (Å²) in [4.78, 5) is 4.17. The van der Waals surface area contributed by atoms with E-state index in [-0.39, 0.29) is 5.03 Å². The number of hydrogen-bond acceptors (Lipinski definition) is 4. The predicted octanol–water partition coefficient (Wildman–Crippen LogP) is 1.40. The fraction of sp³-hybridized carbons (Fsp3) is 0.786. The van der Waals surface area contributed by atoms with Gasteiger partial charge in [0, 0.05) is 24.8 Å². The lowest BCUT2D eigenvalue weighted by Crippen LogP contribution is -2.55. The number of imidazole rings is 1. The van der Waals surface area contributed by atoms with Crippen molar-refractivity contribution in [2.75, 3.05) is 6.54 Å². The van der Waals surface area contributed by atoms with Gasteiger partial charge in [-0.3, -0.25) is 0 Å². The Labute approximate surface area is 127 Å². The van der Waals surface area contributed by atoms with E-state index in [1.807, 2.05) is 18.4 Å². The minimum absolute atomic E-state index is 0.0910. The van der Waals surface area contributed by atoms with Crippen LogP contribution in [0.3, 0.4) is 0 Å². The monoisotopic (exact) mass is 314 g/mol. The maximum atomic E-state index is 12.6. The Bertz CT molecular complexity index is 586. The number of rotatable bonds is 5. The summed E-state index contributed by atoms with van der Waals surface area (Å²) in [6.07, 6.45) is 5.17. The summed E-state index contributed by atoms with van der Waals surface area (Å²) in [6, 6.07) is 0. The molecule has 7 heteroatoms. The van der Waals surface area contributed by atoms with Crippen LogP contribution in [0.25, 0.3) is 0 Å². The third-order valence-corrected chi connectivity index (χ3v) is 5.99. The first-order valence-corrected chi connectivity index (χ1v) is 9.08. The van der Waals surface area contributed by atoms with E-state index in [1.165, 1.54) is 0 Å². The Morgan fingerprint density at radius 2 is 2.10 bits per heavy atom. The SMILES string of the molecule is CCn1cc(S(=O)(=O)NC2(CN)CCC(C)CC2)nc1C. The molecule has 21 heavy (non-hydrogen) atoms. The molecule has 1 aromatic heterocycles. The first kappa shape index (κ1) is 16.5. The van der Waals surface area contributed by atoms with Crippen molar-refractivity contribution in [3.8, 4) is 0 Å². The quantitative estimate of drug-likeness (QED) is 0.859. The highest BCUT2D eigenvalue weighted by atomic mass is 32.2. The van der Waals surface area contributed by atoms with E-state index in [0.29, 0.717) is 24.8 Å². The summed E-state index contributed by atoms with van der Waals surface area (Å²) >= 11 is 0. The number of nitrogens with one attached hydrogen (secondary N) is 1. The first-order valence-electron chi connectivity index (χ1n) is 7.60. The van der Waals surface area contributed by atoms with Gasteiger partial charge in [-0.05, 0) is 45.4 Å². The summed E-state index contributed by atoms with van der Waals surface area (Å²) in [6.45, 7) is 6.99. The van der Waals surface area contributed by atoms with Gasteiger partial charge >= 0.3 is 0 Å². The molecule has 0 saturated heterocycles. The van der Waals surface area contributed by atoms with Crippen molar-refractivity contribution >= 4 is 10.0 Å². The second-order valence-corrected chi connectivity index (χ2v) is 7.81. The minimum Gasteiger partial charge on any atom is -0.334 e. The molecule has 0 atom stereocenters. The normalized spacial score (nSPS) is 27.0. The molecule has 0 aromatic carbocycles. The Hall–Kier alpha value is -0.920. The van der Waals surface area contributed by atoms with Crippen molar-refractivity contribution in [3.05, 3.63) is 12.0 Å². The summed E-state index contributed by atoms with van der Waals surface area (Å²) in [5.74, 6) is 1.34. The molecule has 0 bridgehead atoms. The van der Waals surface area contributed by atoms with Crippen molar-refractivity contribution < 1.29 is 8.42 Å². The topological polar surface area (TPSA) is 90.0 Å². The average molecular weight is 314 g/mol. The molecule has 0 amide bonds. The smallest absolute Gasteiger partial charge is 0.260 e. The van der Waals surface area contributed by atoms with Crippen LogP contribution in [-0.2, 0) is 16.6 Å². The fourth-order valence-electron chi connectivity index (χ4n) is 2.93. The van der Waals surface area contributed by atoms with Crippen LogP contribution in [0.5, 0.6) is 0 Å². The summed E-state index contributed by atoms with van der Waals surface area (Å²) in [5.41, 5.74) is 5.36. The molecule has 2 rings (SSSR count). The standard InChI is InChI=1S/C14H26N4O2S/c1-4-18-9-13(16-12(18)3)21(19,20)17-14(10-15)7-5-11(2)6-8-14/h9,11,17H,4-8,10,15H2,1-3H3. The minimum atomic E-state index is -3.62. The van der Waals surface area contributed by atoms with E-state index in [4.69, 9.17) is 5.73 Å². The molecular weight excluding hydrogens is 288 g/mol. The lowest BCUT2D eigenvalue weighted by Gasteiger charge is -2.38. The number of nitrogens with zero attached hydrogens (tertiary/aromatic N) is 2. The van der Waals surface area contributed by atoms with E-state index < -0.39 is 15.6 Å². The molecule has 1 aliphatic carbocycles. The van der Waals surface area contributed by atoms with Crippen molar-refractivity contribution in [1.82, 2.24) is 14.3 Å². The molecule has 0 aliphatic heterocycles. The van der Waals surface area contributed by atoms with Crippen molar-refractivity contribution in [2.45, 2.75) is 63.6 Å². The summed E-state index contributed by atoms with van der Waals surface area (Å²) in [5, 5.41) is 0.0910. The Morgan fingerprint density at radius 1 is 1.48 bits per heavy atom. The third kappa shape index (κ3) is 3.46. The lowest BCUT2D eigenvalue weighted by molar-refractivity contribution is 0.231. The van der Waals surface area contributed by atoms with Gasteiger partial charge in [-0.25, -0.2) is 18.1 Å². The molecule has 1 fully saturated rings. The van der Waals surface area contributed by atoms with Gasteiger partial charge < -0.3 is 10.3 Å². The van der Waals surface area contributed by atoms with E-state index in [1.54, 1.807) is 6.20 Å². The number of hydrogen-bond donors (Lipinski definition) is 2. The zero-order chi connectivity index (χ0) is 15.7. The van der Waals surface area contributed by atoms with Crippen molar-refractivity contribution in [2.24, 2.45) is 11.7 Å². The highest BCUT2D eigenvalue weighted by Crippen LogP contribution is 2.32. The molecule has 6 nitrogen and oxygen atoms in total. The molecule has 3 N–H and O–H groups in total. The maximum Gasteiger partial charge on any atom is 0.260 e. The molecule has 1 aromatic rings. The summed E-state index contributed by atoms with van der Waals surface area (Å²) in [7, 11) is -3.62. The molecule has 120 valence electrons. The molecule has 0 spiro atoms. The van der Waals surface area contributed by atoms with Crippen LogP contribution in [0.2, 0.25) is 0 Å². The highest BCUT2D eigenvalue weighted by molar-refractivity contribution is 7.89. The number of sulfonamides is 1. The Kier molecular flexibility index (Phi) is 4.75. The van der Waals surface area contributed by atoms with Gasteiger partial charge in [0.15, 0.2) is 5.03 Å². The van der Waals surface area contributed by atoms with Crippen LogP contribution in [0.1, 0.15) is 45.4 Å². The van der Waals surface area contributed by atoms with Gasteiger partial charge in [0.2, 0.25) is 0 Å². The van der Waals surface area contributed by atoms with Crippen LogP contribution in [0.4, 0.5) is 0 Å². The Balaban J connectivity index is 2.22. The highest BCUT2D eigenvalue weighted by Gasteiger charge is 2.37. The van der Waals surface area contributed by atoms with Gasteiger partial charge in [0.1, 0.15) is 5.82 Å². The van der Waals surface area contributed by atoms with E-state index in [2.05, 4.69) is 16.6 Å². The largest absolute Gasteiger partial charge is 0.334 e. The van der Waals surface area contributed by atoms with E-state index in [9.17, 15) is 8.42 Å². The van der Waals surface area contributed by atoms with Gasteiger partial charge in [0.25, 0.3) is 10.0 Å². The van der Waals surface area contributed by atoms with E-state index in [0.717, 1.165) is 25.7 Å². The van der Waals surface area contributed by atoms with Crippen LogP contribution in [-0.4, -0.2) is 30.1 Å². The van der Waals surface area contributed by atoms with Crippen LogP contribution < -0.4 is 10.5 Å². The van der Waals surface area contributed by atoms with Crippen molar-refractivity contribution in [1.29, 1.82) is 0 Å². The van der Waals surface area contributed by atoms with E-state index >= 15 is 0 Å². The molecule has 0 unspecified atom stereocenters. The molecule has 0 radical (unpaired) electrons. The maximum absolute atomic E-state index is 12.6. The second kappa shape index (κ2) is 6.06. The summed E-state index contributed by atoms with van der Waals surface area (Å²) < 4.78 is 29.8. The van der Waals surface area contributed by atoms with Crippen LogP contribution in [0.15, 0.2) is 11.2 Å². The lowest BCUT2D eigenvalue weighted by atomic mass is 9.78. The van der Waals surface area contributed by atoms with Gasteiger partial charge in [-0.15, -0.1) is 0 Å². The number of aryl methyl sites for hydroxylation is 2. The molecule has 1 heterocycles. The first-order chi connectivity index (χ1) is 9.82.